The summed E-state index contributed by atoms with van der Waals surface area (Å²) in [6, 6.07) is -0.0350. The van der Waals surface area contributed by atoms with E-state index in [2.05, 4.69) is 5.32 Å². The van der Waals surface area contributed by atoms with Crippen LogP contribution in [0.4, 0.5) is 0 Å². The van der Waals surface area contributed by atoms with Gasteiger partial charge in [-0.2, -0.15) is 0 Å². The average molecular weight is 300 g/mol. The van der Waals surface area contributed by atoms with Crippen LogP contribution in [0.5, 0.6) is 0 Å². The maximum Gasteiger partial charge on any atom is 0.310 e. The predicted octanol–water partition coefficient (Wildman–Crippen LogP) is 1.10. The Morgan fingerprint density at radius 1 is 1.48 bits per heavy atom. The summed E-state index contributed by atoms with van der Waals surface area (Å²) in [5.74, 6) is -0.806. The molecule has 1 saturated heterocycles. The van der Waals surface area contributed by atoms with Gasteiger partial charge in [-0.3, -0.25) is 14.5 Å². The van der Waals surface area contributed by atoms with Crippen molar-refractivity contribution in [1.29, 1.82) is 0 Å². The van der Waals surface area contributed by atoms with E-state index >= 15 is 0 Å². The Bertz CT molecular complexity index is 358. The van der Waals surface area contributed by atoms with Crippen LogP contribution in [0, 0.1) is 5.41 Å². The molecule has 6 heteroatoms. The number of methoxy groups -OCH3 is 1. The molecule has 1 aliphatic heterocycles. The number of hydrogen-bond donors (Lipinski definition) is 2. The summed E-state index contributed by atoms with van der Waals surface area (Å²) in [6.45, 7) is 5.86. The Morgan fingerprint density at radius 3 is 2.76 bits per heavy atom. The third kappa shape index (κ3) is 5.28. The van der Waals surface area contributed by atoms with Gasteiger partial charge >= 0.3 is 5.97 Å². The first-order valence-electron chi connectivity index (χ1n) is 7.67. The number of carbonyl (C=O) groups excluding carboxylic acids is 1. The third-order valence-electron chi connectivity index (χ3n) is 4.03. The van der Waals surface area contributed by atoms with Crippen molar-refractivity contribution in [2.45, 2.75) is 45.6 Å². The number of aliphatic carboxylic acids is 1. The molecule has 0 spiro atoms. The topological polar surface area (TPSA) is 78.9 Å². The standard InChI is InChI=1S/C15H28N2O4/c1-4-6-15(14(19)20)7-5-8-17(11-15)9-13(18)16-12(2)10-21-3/h12H,4-11H2,1-3H3,(H,16,18)(H,19,20). The minimum absolute atomic E-state index is 0.0350. The number of amides is 1. The van der Waals surface area contributed by atoms with E-state index in [1.54, 1.807) is 7.11 Å². The Balaban J connectivity index is 2.55. The molecule has 21 heavy (non-hydrogen) atoms. The molecule has 1 heterocycles. The number of piperidine rings is 1. The number of likely N-dealkylation sites (tertiary alicyclic amines) is 1. The summed E-state index contributed by atoms with van der Waals surface area (Å²) in [5, 5.41) is 12.4. The van der Waals surface area contributed by atoms with E-state index in [1.165, 1.54) is 0 Å². The highest BCUT2D eigenvalue weighted by Gasteiger charge is 2.41. The Morgan fingerprint density at radius 2 is 2.19 bits per heavy atom. The Labute approximate surface area is 126 Å². The lowest BCUT2D eigenvalue weighted by Gasteiger charge is -2.39. The quantitative estimate of drug-likeness (QED) is 0.702. The summed E-state index contributed by atoms with van der Waals surface area (Å²) in [4.78, 5) is 25.6. The molecular weight excluding hydrogens is 272 g/mol. The number of carbonyl (C=O) groups is 2. The van der Waals surface area contributed by atoms with Crippen LogP contribution in [-0.2, 0) is 14.3 Å². The van der Waals surface area contributed by atoms with E-state index in [0.717, 1.165) is 19.4 Å². The fourth-order valence-electron chi connectivity index (χ4n) is 3.14. The van der Waals surface area contributed by atoms with Gasteiger partial charge in [-0.05, 0) is 32.7 Å². The van der Waals surface area contributed by atoms with Gasteiger partial charge in [0.25, 0.3) is 0 Å². The molecular formula is C15H28N2O4. The van der Waals surface area contributed by atoms with Crippen molar-refractivity contribution >= 4 is 11.9 Å². The number of rotatable bonds is 8. The van der Waals surface area contributed by atoms with Crippen molar-refractivity contribution in [2.24, 2.45) is 5.41 Å². The number of hydrogen-bond acceptors (Lipinski definition) is 4. The Kier molecular flexibility index (Phi) is 7.11. The summed E-state index contributed by atoms with van der Waals surface area (Å²) < 4.78 is 4.98. The van der Waals surface area contributed by atoms with Gasteiger partial charge in [0.15, 0.2) is 0 Å². The molecule has 0 aliphatic carbocycles. The number of nitrogens with zero attached hydrogens (tertiary/aromatic N) is 1. The second-order valence-corrected chi connectivity index (χ2v) is 6.07. The zero-order valence-electron chi connectivity index (χ0n) is 13.4. The van der Waals surface area contributed by atoms with Crippen molar-refractivity contribution < 1.29 is 19.4 Å². The molecule has 0 bridgehead atoms. The predicted molar refractivity (Wildman–Crippen MR) is 80.1 cm³/mol. The zero-order chi connectivity index (χ0) is 15.9. The normalized spacial score (nSPS) is 24.5. The largest absolute Gasteiger partial charge is 0.481 e. The molecule has 1 amide bonds. The van der Waals surface area contributed by atoms with Crippen LogP contribution in [0.3, 0.4) is 0 Å². The summed E-state index contributed by atoms with van der Waals surface area (Å²) in [6.07, 6.45) is 3.04. The SMILES string of the molecule is CCCC1(C(=O)O)CCCN(CC(=O)NC(C)COC)C1. The number of carboxylic acids is 1. The molecule has 1 rings (SSSR count). The number of carboxylic acid groups (broad SMARTS) is 1. The molecule has 1 fully saturated rings. The first-order valence-corrected chi connectivity index (χ1v) is 7.67. The smallest absolute Gasteiger partial charge is 0.310 e. The van der Waals surface area contributed by atoms with Crippen molar-refractivity contribution in [3.63, 3.8) is 0 Å². The van der Waals surface area contributed by atoms with Crippen LogP contribution in [0.1, 0.15) is 39.5 Å². The molecule has 6 nitrogen and oxygen atoms in total. The minimum Gasteiger partial charge on any atom is -0.481 e. The van der Waals surface area contributed by atoms with Crippen LogP contribution >= 0.6 is 0 Å². The van der Waals surface area contributed by atoms with E-state index in [1.807, 2.05) is 18.7 Å². The maximum absolute atomic E-state index is 12.0. The molecule has 122 valence electrons. The van der Waals surface area contributed by atoms with Crippen LogP contribution in [0.15, 0.2) is 0 Å². The van der Waals surface area contributed by atoms with Crippen molar-refractivity contribution in [1.82, 2.24) is 10.2 Å². The van der Waals surface area contributed by atoms with Gasteiger partial charge in [-0.25, -0.2) is 0 Å². The fraction of sp³-hybridized carbons (Fsp3) is 0.867. The van der Waals surface area contributed by atoms with E-state index < -0.39 is 11.4 Å². The van der Waals surface area contributed by atoms with E-state index in [0.29, 0.717) is 26.0 Å². The highest BCUT2D eigenvalue weighted by molar-refractivity contribution is 5.79. The average Bonchev–Trinajstić information content (AvgIpc) is 2.39. The van der Waals surface area contributed by atoms with Gasteiger partial charge < -0.3 is 15.2 Å². The van der Waals surface area contributed by atoms with Crippen LogP contribution < -0.4 is 5.32 Å². The van der Waals surface area contributed by atoms with E-state index in [-0.39, 0.29) is 18.5 Å². The van der Waals surface area contributed by atoms with Crippen LogP contribution in [-0.4, -0.2) is 61.3 Å². The minimum atomic E-state index is -0.734. The lowest BCUT2D eigenvalue weighted by molar-refractivity contribution is -0.154. The van der Waals surface area contributed by atoms with Crippen molar-refractivity contribution in [2.75, 3.05) is 33.4 Å². The van der Waals surface area contributed by atoms with Crippen LogP contribution in [0.2, 0.25) is 0 Å². The van der Waals surface area contributed by atoms with E-state index in [4.69, 9.17) is 4.74 Å². The molecule has 0 aromatic heterocycles. The van der Waals surface area contributed by atoms with Gasteiger partial charge in [0.05, 0.1) is 18.6 Å². The third-order valence-corrected chi connectivity index (χ3v) is 4.03. The second-order valence-electron chi connectivity index (χ2n) is 6.07. The summed E-state index contributed by atoms with van der Waals surface area (Å²) >= 11 is 0. The van der Waals surface area contributed by atoms with Crippen molar-refractivity contribution in [3.05, 3.63) is 0 Å². The molecule has 2 atom stereocenters. The first-order chi connectivity index (χ1) is 9.93. The van der Waals surface area contributed by atoms with Gasteiger partial charge in [-0.1, -0.05) is 13.3 Å². The molecule has 0 aromatic rings. The van der Waals surface area contributed by atoms with Gasteiger partial charge in [0, 0.05) is 19.7 Å². The van der Waals surface area contributed by atoms with E-state index in [9.17, 15) is 14.7 Å². The van der Waals surface area contributed by atoms with Gasteiger partial charge in [-0.15, -0.1) is 0 Å². The summed E-state index contributed by atoms with van der Waals surface area (Å²) in [5.41, 5.74) is -0.689. The summed E-state index contributed by atoms with van der Waals surface area (Å²) in [7, 11) is 1.60. The molecule has 2 unspecified atom stereocenters. The molecule has 0 saturated carbocycles. The van der Waals surface area contributed by atoms with Crippen molar-refractivity contribution in [3.8, 4) is 0 Å². The lowest BCUT2D eigenvalue weighted by Crippen LogP contribution is -2.51. The molecule has 0 radical (unpaired) electrons. The zero-order valence-corrected chi connectivity index (χ0v) is 13.4. The molecule has 2 N–H and O–H groups in total. The lowest BCUT2D eigenvalue weighted by atomic mass is 9.76. The van der Waals surface area contributed by atoms with Gasteiger partial charge in [0.1, 0.15) is 0 Å². The highest BCUT2D eigenvalue weighted by Crippen LogP contribution is 2.34. The Hall–Kier alpha value is -1.14. The molecule has 1 aliphatic rings. The number of ether oxygens (including phenoxy) is 1. The maximum atomic E-state index is 12.0. The van der Waals surface area contributed by atoms with Crippen LogP contribution in [0.25, 0.3) is 0 Å². The fourth-order valence-corrected chi connectivity index (χ4v) is 3.14. The second kappa shape index (κ2) is 8.34. The monoisotopic (exact) mass is 300 g/mol. The molecule has 0 aromatic carbocycles. The number of nitrogens with one attached hydrogen (secondary N) is 1. The highest BCUT2D eigenvalue weighted by atomic mass is 16.5. The van der Waals surface area contributed by atoms with Gasteiger partial charge in [0.2, 0.25) is 5.91 Å². The first kappa shape index (κ1) is 17.9.